The van der Waals surface area contributed by atoms with E-state index in [0.29, 0.717) is 32.7 Å². The van der Waals surface area contributed by atoms with Crippen LogP contribution in [0.4, 0.5) is 8.78 Å². The minimum absolute atomic E-state index is 0.00417. The molecule has 2 N–H and O–H groups in total. The average Bonchev–Trinajstić information content (AvgIpc) is 3.66. The van der Waals surface area contributed by atoms with Crippen molar-refractivity contribution in [3.05, 3.63) is 53.0 Å². The first kappa shape index (κ1) is 26.1. The summed E-state index contributed by atoms with van der Waals surface area (Å²) in [5.41, 5.74) is 5.08. The van der Waals surface area contributed by atoms with Crippen molar-refractivity contribution >= 4 is 28.6 Å². The second kappa shape index (κ2) is 9.96. The Balaban J connectivity index is 1.41. The third kappa shape index (κ3) is 4.61. The minimum Gasteiger partial charge on any atom is -0.463 e. The summed E-state index contributed by atoms with van der Waals surface area (Å²) in [6.07, 6.45) is 7.80. The predicted octanol–water partition coefficient (Wildman–Crippen LogP) is 2.09. The van der Waals surface area contributed by atoms with Crippen molar-refractivity contribution in [1.82, 2.24) is 14.9 Å². The minimum atomic E-state index is -1.29. The fraction of sp³-hybridized carbons (Fsp3) is 0.423. The van der Waals surface area contributed by atoms with Crippen LogP contribution in [0.1, 0.15) is 35.0 Å². The van der Waals surface area contributed by atoms with Gasteiger partial charge in [-0.3, -0.25) is 14.6 Å². The summed E-state index contributed by atoms with van der Waals surface area (Å²) in [6.45, 7) is 3.47. The number of carbonyl (C=O) groups excluding carboxylic acids is 2. The van der Waals surface area contributed by atoms with Crippen LogP contribution in [0.2, 0.25) is 0 Å². The van der Waals surface area contributed by atoms with Crippen molar-refractivity contribution in [3.8, 4) is 18.2 Å². The van der Waals surface area contributed by atoms with Crippen LogP contribution in [-0.2, 0) is 21.5 Å². The summed E-state index contributed by atoms with van der Waals surface area (Å²) >= 11 is 1.18. The summed E-state index contributed by atoms with van der Waals surface area (Å²) in [5.74, 6) is -0.688. The zero-order valence-corrected chi connectivity index (χ0v) is 21.4. The Kier molecular flexibility index (Phi) is 6.83. The Hall–Kier alpha value is -3.56. The number of nitrogens with two attached hydrogens (primary N) is 1. The summed E-state index contributed by atoms with van der Waals surface area (Å²) in [5, 5.41) is 0.131. The third-order valence-electron chi connectivity index (χ3n) is 7.09. The van der Waals surface area contributed by atoms with Gasteiger partial charge in [-0.05, 0) is 31.0 Å². The molecule has 9 nitrogen and oxygen atoms in total. The molecule has 3 aliphatic rings. The molecule has 2 aliphatic heterocycles. The number of terminal acetylenes is 1. The number of fused-ring (bicyclic) bond motifs is 1. The molecule has 2 aromatic rings. The molecule has 12 heteroatoms. The molecule has 0 radical (unpaired) electrons. The number of carbonyl (C=O) groups is 2. The van der Waals surface area contributed by atoms with E-state index in [-0.39, 0.29) is 46.8 Å². The maximum absolute atomic E-state index is 15.3. The van der Waals surface area contributed by atoms with E-state index in [4.69, 9.17) is 21.6 Å². The van der Waals surface area contributed by atoms with Crippen molar-refractivity contribution in [2.75, 3.05) is 32.9 Å². The number of nitrogens with zero attached hydrogens (tertiary/aromatic N) is 4. The van der Waals surface area contributed by atoms with Crippen LogP contribution in [0.15, 0.2) is 29.5 Å². The molecule has 0 bridgehead atoms. The van der Waals surface area contributed by atoms with E-state index >= 15 is 4.39 Å². The number of thioether (sulfide) groups is 1. The SMILES string of the molecule is C#CCOc1cnc(C(=O)Cc2cc(F)c(F)c([C@@]3(C)N=C(N)S[C@@]4(C(=O)N5CCOCC5)C[C@H]43)c2)cn1. The van der Waals surface area contributed by atoms with Gasteiger partial charge < -0.3 is 20.1 Å². The number of Topliss-reactive ketones (excluding diaryl/α,β-unsaturated/α-hetero) is 1. The monoisotopic (exact) mass is 541 g/mol. The van der Waals surface area contributed by atoms with E-state index in [0.717, 1.165) is 6.07 Å². The number of rotatable bonds is 7. The Bertz CT molecular complexity index is 1360. The molecule has 1 aliphatic carbocycles. The van der Waals surface area contributed by atoms with Gasteiger partial charge in [0.1, 0.15) is 10.4 Å². The van der Waals surface area contributed by atoms with Gasteiger partial charge in [-0.25, -0.2) is 18.7 Å². The van der Waals surface area contributed by atoms with Crippen LogP contribution >= 0.6 is 11.8 Å². The summed E-state index contributed by atoms with van der Waals surface area (Å²) < 4.78 is 39.7. The number of benzene rings is 1. The van der Waals surface area contributed by atoms with Crippen molar-refractivity contribution in [2.24, 2.45) is 16.6 Å². The fourth-order valence-corrected chi connectivity index (χ4v) is 6.58. The fourth-order valence-electron chi connectivity index (χ4n) is 5.13. The second-order valence-corrected chi connectivity index (χ2v) is 10.9. The lowest BCUT2D eigenvalue weighted by Crippen LogP contribution is -2.49. The van der Waals surface area contributed by atoms with Gasteiger partial charge >= 0.3 is 0 Å². The topological polar surface area (TPSA) is 120 Å². The number of hydrogen-bond donors (Lipinski definition) is 1. The molecule has 5 rings (SSSR count). The molecule has 2 fully saturated rings. The number of ketones is 1. The second-order valence-electron chi connectivity index (χ2n) is 9.52. The molecular weight excluding hydrogens is 516 g/mol. The van der Waals surface area contributed by atoms with Gasteiger partial charge in [0.25, 0.3) is 0 Å². The van der Waals surface area contributed by atoms with Gasteiger partial charge in [0.05, 0.1) is 31.1 Å². The van der Waals surface area contributed by atoms with Crippen LogP contribution in [0.3, 0.4) is 0 Å². The predicted molar refractivity (Wildman–Crippen MR) is 136 cm³/mol. The molecule has 1 saturated heterocycles. The van der Waals surface area contributed by atoms with E-state index in [1.807, 2.05) is 0 Å². The van der Waals surface area contributed by atoms with Gasteiger partial charge in [-0.1, -0.05) is 17.7 Å². The van der Waals surface area contributed by atoms with E-state index in [1.165, 1.54) is 30.2 Å². The van der Waals surface area contributed by atoms with Crippen molar-refractivity contribution in [3.63, 3.8) is 0 Å². The molecule has 38 heavy (non-hydrogen) atoms. The molecule has 1 amide bonds. The number of hydrogen-bond acceptors (Lipinski definition) is 9. The van der Waals surface area contributed by atoms with Gasteiger partial charge in [0.2, 0.25) is 11.8 Å². The lowest BCUT2D eigenvalue weighted by Gasteiger charge is -2.37. The number of aliphatic imine (C=N–C) groups is 1. The van der Waals surface area contributed by atoms with E-state index in [2.05, 4.69) is 20.9 Å². The molecule has 3 atom stereocenters. The summed E-state index contributed by atoms with van der Waals surface area (Å²) in [6, 6.07) is 2.39. The van der Waals surface area contributed by atoms with Gasteiger partial charge in [0.15, 0.2) is 29.2 Å². The Morgan fingerprint density at radius 3 is 2.74 bits per heavy atom. The lowest BCUT2D eigenvalue weighted by molar-refractivity contribution is -0.135. The van der Waals surface area contributed by atoms with E-state index in [1.54, 1.807) is 11.8 Å². The number of amides is 1. The lowest BCUT2D eigenvalue weighted by atomic mass is 9.84. The first-order valence-corrected chi connectivity index (χ1v) is 12.8. The zero-order valence-electron chi connectivity index (χ0n) is 20.6. The highest BCUT2D eigenvalue weighted by molar-refractivity contribution is 8.15. The molecule has 3 heterocycles. The highest BCUT2D eigenvalue weighted by Crippen LogP contribution is 2.66. The highest BCUT2D eigenvalue weighted by atomic mass is 32.2. The number of amidine groups is 1. The maximum atomic E-state index is 15.3. The summed E-state index contributed by atoms with van der Waals surface area (Å²) in [4.78, 5) is 40.6. The van der Waals surface area contributed by atoms with Crippen molar-refractivity contribution in [2.45, 2.75) is 30.1 Å². The molecule has 1 saturated carbocycles. The molecule has 0 spiro atoms. The first-order chi connectivity index (χ1) is 18.2. The third-order valence-corrected chi connectivity index (χ3v) is 8.38. The number of aromatic nitrogens is 2. The Morgan fingerprint density at radius 2 is 2.05 bits per heavy atom. The molecule has 0 unspecified atom stereocenters. The van der Waals surface area contributed by atoms with E-state index in [9.17, 15) is 14.0 Å². The van der Waals surface area contributed by atoms with Crippen LogP contribution < -0.4 is 10.5 Å². The van der Waals surface area contributed by atoms with Gasteiger partial charge in [-0.15, -0.1) is 6.42 Å². The van der Waals surface area contributed by atoms with E-state index < -0.39 is 33.6 Å². The number of halogens is 2. The van der Waals surface area contributed by atoms with Crippen LogP contribution in [-0.4, -0.2) is 69.4 Å². The smallest absolute Gasteiger partial charge is 0.239 e. The maximum Gasteiger partial charge on any atom is 0.239 e. The first-order valence-electron chi connectivity index (χ1n) is 12.0. The molecular formula is C26H25F2N5O4S. The number of ether oxygens (including phenoxy) is 2. The van der Waals surface area contributed by atoms with Crippen molar-refractivity contribution in [1.29, 1.82) is 0 Å². The highest BCUT2D eigenvalue weighted by Gasteiger charge is 2.71. The van der Waals surface area contributed by atoms with Crippen LogP contribution in [0, 0.1) is 29.9 Å². The average molecular weight is 542 g/mol. The normalized spacial score (nSPS) is 26.1. The standard InChI is InChI=1S/C26H25F2N5O4S/c1-3-6-37-21-14-30-18(13-31-21)19(34)11-15-9-16(22(28)17(27)10-15)25(2)20-12-26(20,38-24(29)32-25)23(35)33-4-7-36-8-5-33/h1,9-10,13-14,20H,4-8,11-12H2,2H3,(H2,29,32)/t20-,25+,26-/m0/s1. The summed E-state index contributed by atoms with van der Waals surface area (Å²) in [7, 11) is 0. The van der Waals surface area contributed by atoms with Crippen LogP contribution in [0.25, 0.3) is 0 Å². The van der Waals surface area contributed by atoms with Crippen LogP contribution in [0.5, 0.6) is 5.88 Å². The van der Waals surface area contributed by atoms with Gasteiger partial charge in [-0.2, -0.15) is 0 Å². The molecule has 1 aromatic carbocycles. The zero-order chi connectivity index (χ0) is 27.1. The Labute approximate surface area is 222 Å². The Morgan fingerprint density at radius 1 is 1.29 bits per heavy atom. The van der Waals surface area contributed by atoms with Crippen molar-refractivity contribution < 1.29 is 27.8 Å². The molecule has 198 valence electrons. The largest absolute Gasteiger partial charge is 0.463 e. The molecule has 1 aromatic heterocycles. The number of morpholine rings is 1. The quantitative estimate of drug-likeness (QED) is 0.418. The van der Waals surface area contributed by atoms with Gasteiger partial charge in [0, 0.05) is 31.0 Å².